The summed E-state index contributed by atoms with van der Waals surface area (Å²) in [6.45, 7) is 0.362. The molecule has 0 amide bonds. The third-order valence-electron chi connectivity index (χ3n) is 7.60. The molecule has 0 radical (unpaired) electrons. The molecular formula is C33H30BrN3O3. The molecule has 5 aromatic rings. The van der Waals surface area contributed by atoms with Crippen LogP contribution in [-0.2, 0) is 6.61 Å². The first kappa shape index (κ1) is 26.3. The monoisotopic (exact) mass is 595 g/mol. The maximum absolute atomic E-state index is 13.7. The number of rotatable bonds is 7. The van der Waals surface area contributed by atoms with Crippen molar-refractivity contribution in [3.05, 3.63) is 111 Å². The van der Waals surface area contributed by atoms with Crippen LogP contribution in [0, 0.1) is 0 Å². The Hall–Kier alpha value is -3.97. The summed E-state index contributed by atoms with van der Waals surface area (Å²) in [5, 5.41) is 7.58. The highest BCUT2D eigenvalue weighted by Gasteiger charge is 2.23. The van der Waals surface area contributed by atoms with Crippen LogP contribution in [0.2, 0.25) is 0 Å². The van der Waals surface area contributed by atoms with Gasteiger partial charge in [-0.1, -0.05) is 83.7 Å². The number of ether oxygens (including phenoxy) is 2. The lowest BCUT2D eigenvalue weighted by Crippen LogP contribution is -2.25. The Bertz CT molecular complexity index is 1770. The molecular weight excluding hydrogens is 566 g/mol. The van der Waals surface area contributed by atoms with Gasteiger partial charge < -0.3 is 9.47 Å². The van der Waals surface area contributed by atoms with Crippen molar-refractivity contribution in [3.63, 3.8) is 0 Å². The Morgan fingerprint density at radius 3 is 2.62 bits per heavy atom. The lowest BCUT2D eigenvalue weighted by Gasteiger charge is -2.22. The van der Waals surface area contributed by atoms with E-state index in [1.54, 1.807) is 13.3 Å². The van der Waals surface area contributed by atoms with E-state index in [1.807, 2.05) is 54.6 Å². The number of para-hydroxylation sites is 1. The second-order valence-corrected chi connectivity index (χ2v) is 11.0. The molecule has 6 nitrogen and oxygen atoms in total. The Kier molecular flexibility index (Phi) is 7.64. The molecule has 0 spiro atoms. The van der Waals surface area contributed by atoms with Crippen molar-refractivity contribution >= 4 is 43.8 Å². The minimum absolute atomic E-state index is 0.177. The molecule has 1 heterocycles. The SMILES string of the molecule is COc1cccc(C=Nn2c(C3CCCCC3)nc3ccc(Br)cc3c2=O)c1OCc1cccc2ccccc12. The first-order valence-electron chi connectivity index (χ1n) is 13.7. The second kappa shape index (κ2) is 11.6. The van der Waals surface area contributed by atoms with E-state index in [9.17, 15) is 4.79 Å². The molecule has 0 bridgehead atoms. The third-order valence-corrected chi connectivity index (χ3v) is 8.09. The Balaban J connectivity index is 1.40. The Labute approximate surface area is 241 Å². The summed E-state index contributed by atoms with van der Waals surface area (Å²) in [4.78, 5) is 18.7. The van der Waals surface area contributed by atoms with Gasteiger partial charge in [-0.15, -0.1) is 0 Å². The van der Waals surface area contributed by atoms with Crippen molar-refractivity contribution in [2.75, 3.05) is 7.11 Å². The third kappa shape index (κ3) is 5.26. The molecule has 1 aliphatic carbocycles. The van der Waals surface area contributed by atoms with E-state index in [4.69, 9.17) is 19.6 Å². The normalized spacial score (nSPS) is 14.2. The van der Waals surface area contributed by atoms with Gasteiger partial charge in [0.15, 0.2) is 11.5 Å². The highest BCUT2D eigenvalue weighted by atomic mass is 79.9. The van der Waals surface area contributed by atoms with Gasteiger partial charge in [0.2, 0.25) is 0 Å². The van der Waals surface area contributed by atoms with Crippen LogP contribution in [0.1, 0.15) is 55.0 Å². The van der Waals surface area contributed by atoms with Gasteiger partial charge in [-0.05, 0) is 59.5 Å². The van der Waals surface area contributed by atoms with Crippen molar-refractivity contribution in [1.82, 2.24) is 9.66 Å². The largest absolute Gasteiger partial charge is 0.493 e. The average Bonchev–Trinajstić information content (AvgIpc) is 3.00. The molecule has 0 atom stereocenters. The summed E-state index contributed by atoms with van der Waals surface area (Å²) < 4.78 is 14.3. The first-order chi connectivity index (χ1) is 19.6. The summed E-state index contributed by atoms with van der Waals surface area (Å²) >= 11 is 3.49. The van der Waals surface area contributed by atoms with E-state index < -0.39 is 0 Å². The molecule has 0 N–H and O–H groups in total. The van der Waals surface area contributed by atoms with Crippen molar-refractivity contribution < 1.29 is 9.47 Å². The zero-order valence-electron chi connectivity index (χ0n) is 22.3. The minimum Gasteiger partial charge on any atom is -0.493 e. The molecule has 7 heteroatoms. The van der Waals surface area contributed by atoms with Crippen molar-refractivity contribution in [2.24, 2.45) is 5.10 Å². The zero-order valence-corrected chi connectivity index (χ0v) is 23.9. The highest BCUT2D eigenvalue weighted by Crippen LogP contribution is 2.33. The molecule has 0 unspecified atom stereocenters. The van der Waals surface area contributed by atoms with Gasteiger partial charge in [0, 0.05) is 16.0 Å². The Morgan fingerprint density at radius 2 is 1.77 bits per heavy atom. The highest BCUT2D eigenvalue weighted by molar-refractivity contribution is 9.10. The molecule has 0 aliphatic heterocycles. The van der Waals surface area contributed by atoms with Gasteiger partial charge in [0.05, 0.1) is 24.2 Å². The summed E-state index contributed by atoms with van der Waals surface area (Å²) in [7, 11) is 1.62. The summed E-state index contributed by atoms with van der Waals surface area (Å²) in [6, 6.07) is 25.8. The van der Waals surface area contributed by atoms with Gasteiger partial charge >= 0.3 is 0 Å². The van der Waals surface area contributed by atoms with E-state index in [-0.39, 0.29) is 11.5 Å². The summed E-state index contributed by atoms with van der Waals surface area (Å²) in [5.41, 5.74) is 2.31. The molecule has 6 rings (SSSR count). The van der Waals surface area contributed by atoms with Crippen LogP contribution in [0.25, 0.3) is 21.7 Å². The van der Waals surface area contributed by atoms with Crippen LogP contribution in [0.4, 0.5) is 0 Å². The molecule has 1 aromatic heterocycles. The average molecular weight is 597 g/mol. The molecule has 1 aliphatic rings. The smallest absolute Gasteiger partial charge is 0.282 e. The van der Waals surface area contributed by atoms with Crippen LogP contribution in [0.15, 0.2) is 93.2 Å². The number of fused-ring (bicyclic) bond motifs is 2. The fourth-order valence-electron chi connectivity index (χ4n) is 5.54. The fourth-order valence-corrected chi connectivity index (χ4v) is 5.90. The fraction of sp³-hybridized carbons (Fsp3) is 0.242. The predicted molar refractivity (Wildman–Crippen MR) is 164 cm³/mol. The Morgan fingerprint density at radius 1 is 0.975 bits per heavy atom. The maximum Gasteiger partial charge on any atom is 0.282 e. The number of hydrogen-bond acceptors (Lipinski definition) is 5. The number of halogens is 1. The van der Waals surface area contributed by atoms with Gasteiger partial charge in [0.1, 0.15) is 12.4 Å². The number of methoxy groups -OCH3 is 1. The van der Waals surface area contributed by atoms with Crippen LogP contribution < -0.4 is 15.0 Å². The van der Waals surface area contributed by atoms with Crippen molar-refractivity contribution in [2.45, 2.75) is 44.6 Å². The number of nitrogens with zero attached hydrogens (tertiary/aromatic N) is 3. The van der Waals surface area contributed by atoms with Crippen molar-refractivity contribution in [3.8, 4) is 11.5 Å². The predicted octanol–water partition coefficient (Wildman–Crippen LogP) is 7.83. The molecule has 1 fully saturated rings. The van der Waals surface area contributed by atoms with Gasteiger partial charge in [-0.3, -0.25) is 4.79 Å². The lowest BCUT2D eigenvalue weighted by atomic mass is 9.88. The topological polar surface area (TPSA) is 65.7 Å². The van der Waals surface area contributed by atoms with E-state index in [0.29, 0.717) is 29.0 Å². The molecule has 40 heavy (non-hydrogen) atoms. The van der Waals surface area contributed by atoms with Crippen LogP contribution in [-0.4, -0.2) is 23.0 Å². The number of benzene rings is 4. The van der Waals surface area contributed by atoms with E-state index in [2.05, 4.69) is 40.2 Å². The molecule has 0 saturated heterocycles. The molecule has 202 valence electrons. The van der Waals surface area contributed by atoms with E-state index in [0.717, 1.165) is 57.9 Å². The second-order valence-electron chi connectivity index (χ2n) is 10.1. The van der Waals surface area contributed by atoms with Crippen LogP contribution >= 0.6 is 15.9 Å². The lowest BCUT2D eigenvalue weighted by molar-refractivity contribution is 0.285. The molecule has 4 aromatic carbocycles. The first-order valence-corrected chi connectivity index (χ1v) is 14.4. The number of aromatic nitrogens is 2. The summed E-state index contributed by atoms with van der Waals surface area (Å²) in [6.07, 6.45) is 7.16. The van der Waals surface area contributed by atoms with Crippen LogP contribution in [0.3, 0.4) is 0 Å². The summed E-state index contributed by atoms with van der Waals surface area (Å²) in [5.74, 6) is 2.09. The standard InChI is InChI=1S/C33H30BrN3O3/c1-39-30-16-8-13-24(31(30)40-21-25-14-7-12-22-9-5-6-15-27(22)25)20-35-37-32(23-10-3-2-4-11-23)36-29-18-17-26(34)19-28(29)33(37)38/h5-9,12-20,23H,2-4,10-11,21H2,1H3. The van der Waals surface area contributed by atoms with Gasteiger partial charge in [-0.25, -0.2) is 4.98 Å². The number of hydrogen-bond donors (Lipinski definition) is 0. The quantitative estimate of drug-likeness (QED) is 0.180. The van der Waals surface area contributed by atoms with Crippen molar-refractivity contribution in [1.29, 1.82) is 0 Å². The minimum atomic E-state index is -0.177. The van der Waals surface area contributed by atoms with E-state index >= 15 is 0 Å². The van der Waals surface area contributed by atoms with Crippen LogP contribution in [0.5, 0.6) is 11.5 Å². The van der Waals surface area contributed by atoms with Gasteiger partial charge in [-0.2, -0.15) is 9.78 Å². The van der Waals surface area contributed by atoms with Gasteiger partial charge in [0.25, 0.3) is 5.56 Å². The maximum atomic E-state index is 13.7. The molecule has 1 saturated carbocycles. The zero-order chi connectivity index (χ0) is 27.5. The van der Waals surface area contributed by atoms with E-state index in [1.165, 1.54) is 11.1 Å².